The van der Waals surface area contributed by atoms with Gasteiger partial charge in [-0.2, -0.15) is 0 Å². The van der Waals surface area contributed by atoms with E-state index in [1.54, 1.807) is 0 Å². The van der Waals surface area contributed by atoms with E-state index in [1.807, 2.05) is 24.3 Å². The average Bonchev–Trinajstić information content (AvgIpc) is 3.49. The molecule has 4 fully saturated rings. The number of azide groups is 1. The summed E-state index contributed by atoms with van der Waals surface area (Å²) in [6.45, 7) is 7.19. The second-order valence-corrected chi connectivity index (χ2v) is 10.5. The number of rotatable bonds is 6. The van der Waals surface area contributed by atoms with Gasteiger partial charge in [-0.25, -0.2) is 0 Å². The van der Waals surface area contributed by atoms with Crippen LogP contribution in [0.1, 0.15) is 49.4 Å². The summed E-state index contributed by atoms with van der Waals surface area (Å²) >= 11 is 0. The maximum atomic E-state index is 14.0. The largest absolute Gasteiger partial charge is 0.369 e. The zero-order valence-corrected chi connectivity index (χ0v) is 21.3. The normalized spacial score (nSPS) is 27.5. The van der Waals surface area contributed by atoms with Gasteiger partial charge < -0.3 is 24.8 Å². The lowest BCUT2D eigenvalue weighted by molar-refractivity contribution is -0.143. The number of carbonyl (C=O) groups excluding carboxylic acids is 3. The molecule has 1 saturated carbocycles. The van der Waals surface area contributed by atoms with Crippen LogP contribution in [0.4, 0.5) is 5.69 Å². The second-order valence-electron chi connectivity index (χ2n) is 10.5. The smallest absolute Gasteiger partial charge is 0.252 e. The van der Waals surface area contributed by atoms with Crippen LogP contribution >= 0.6 is 0 Å². The zero-order valence-electron chi connectivity index (χ0n) is 21.3. The van der Waals surface area contributed by atoms with Crippen molar-refractivity contribution in [1.29, 1.82) is 0 Å². The number of nitrogens with one attached hydrogen (secondary N) is 1. The molecule has 11 heteroatoms. The highest BCUT2D eigenvalue weighted by molar-refractivity contribution is 6.01. The molecule has 0 radical (unpaired) electrons. The van der Waals surface area contributed by atoms with Gasteiger partial charge in [0.1, 0.15) is 18.2 Å². The summed E-state index contributed by atoms with van der Waals surface area (Å²) in [7, 11) is 0. The molecule has 1 aromatic rings. The monoisotopic (exact) mass is 509 g/mol. The Kier molecular flexibility index (Phi) is 7.37. The number of hydrogen-bond donors (Lipinski definition) is 1. The fraction of sp³-hybridized carbons (Fsp3) is 0.654. The number of hydrogen-bond acceptors (Lipinski definition) is 7. The number of fused-ring (bicyclic) bond motifs is 1. The Labute approximate surface area is 216 Å². The van der Waals surface area contributed by atoms with Crippen LogP contribution in [-0.2, 0) is 14.3 Å². The second kappa shape index (κ2) is 10.7. The van der Waals surface area contributed by atoms with E-state index in [-0.39, 0.29) is 30.7 Å². The third kappa shape index (κ3) is 4.91. The minimum Gasteiger partial charge on any atom is -0.369 e. The Hall–Kier alpha value is -3.14. The lowest BCUT2D eigenvalue weighted by Crippen LogP contribution is -2.62. The summed E-state index contributed by atoms with van der Waals surface area (Å²) in [5, 5.41) is 6.85. The topological polar surface area (TPSA) is 131 Å². The molecule has 3 atom stereocenters. The summed E-state index contributed by atoms with van der Waals surface area (Å²) in [5.74, 6) is -0.772. The molecule has 37 heavy (non-hydrogen) atoms. The molecule has 3 heterocycles. The number of benzene rings is 1. The predicted molar refractivity (Wildman–Crippen MR) is 137 cm³/mol. The Balaban J connectivity index is 1.32. The van der Waals surface area contributed by atoms with Crippen molar-refractivity contribution < 1.29 is 19.1 Å². The molecule has 0 aromatic heterocycles. The summed E-state index contributed by atoms with van der Waals surface area (Å²) < 4.78 is 5.58. The fourth-order valence-electron chi connectivity index (χ4n) is 6.27. The van der Waals surface area contributed by atoms with E-state index < -0.39 is 23.7 Å². The van der Waals surface area contributed by atoms with E-state index >= 15 is 0 Å². The molecule has 0 spiro atoms. The maximum absolute atomic E-state index is 14.0. The minimum absolute atomic E-state index is 0.101. The average molecular weight is 510 g/mol. The number of ketones is 1. The molecule has 1 N–H and O–H groups in total. The molecule has 1 aliphatic carbocycles. The van der Waals surface area contributed by atoms with Crippen molar-refractivity contribution in [1.82, 2.24) is 15.1 Å². The molecule has 198 valence electrons. The van der Waals surface area contributed by atoms with Crippen LogP contribution in [0.2, 0.25) is 0 Å². The Bertz CT molecular complexity index is 1070. The van der Waals surface area contributed by atoms with Crippen molar-refractivity contribution in [2.75, 3.05) is 50.8 Å². The Morgan fingerprint density at radius 2 is 1.84 bits per heavy atom. The van der Waals surface area contributed by atoms with Crippen molar-refractivity contribution in [2.24, 2.45) is 5.11 Å². The van der Waals surface area contributed by atoms with Gasteiger partial charge in [-0.1, -0.05) is 31.3 Å². The number of likely N-dealkylation sites (N-methyl/N-ethyl adjacent to an activating group) is 1. The first-order valence-corrected chi connectivity index (χ1v) is 13.4. The summed E-state index contributed by atoms with van der Waals surface area (Å²) in [4.78, 5) is 49.1. The number of ether oxygens (including phenoxy) is 1. The van der Waals surface area contributed by atoms with Gasteiger partial charge in [0.05, 0.1) is 12.1 Å². The van der Waals surface area contributed by atoms with Crippen molar-refractivity contribution in [3.63, 3.8) is 0 Å². The first kappa shape index (κ1) is 25.5. The number of likely N-dealkylation sites (tertiary alicyclic amines) is 1. The van der Waals surface area contributed by atoms with E-state index in [2.05, 4.69) is 32.1 Å². The van der Waals surface area contributed by atoms with Crippen LogP contribution in [0.15, 0.2) is 29.4 Å². The quantitative estimate of drug-likeness (QED) is 0.355. The number of Topliss-reactive ketones (excluding diaryl/α,β-unsaturated/α-hetero) is 1. The van der Waals surface area contributed by atoms with Gasteiger partial charge >= 0.3 is 0 Å². The van der Waals surface area contributed by atoms with Gasteiger partial charge in [-0.15, -0.1) is 0 Å². The third-order valence-corrected chi connectivity index (χ3v) is 8.40. The highest BCUT2D eigenvalue weighted by Gasteiger charge is 2.56. The molecule has 11 nitrogen and oxygen atoms in total. The van der Waals surface area contributed by atoms with Gasteiger partial charge in [0.25, 0.3) is 5.91 Å². The maximum Gasteiger partial charge on any atom is 0.252 e. The zero-order chi connectivity index (χ0) is 26.0. The van der Waals surface area contributed by atoms with Crippen molar-refractivity contribution >= 4 is 23.3 Å². The van der Waals surface area contributed by atoms with Crippen molar-refractivity contribution in [2.45, 2.75) is 62.8 Å². The van der Waals surface area contributed by atoms with Gasteiger partial charge in [-0.05, 0) is 49.2 Å². The van der Waals surface area contributed by atoms with E-state index in [1.165, 1.54) is 4.90 Å². The first-order valence-electron chi connectivity index (χ1n) is 13.4. The van der Waals surface area contributed by atoms with E-state index in [9.17, 15) is 14.4 Å². The highest BCUT2D eigenvalue weighted by Crippen LogP contribution is 2.36. The van der Waals surface area contributed by atoms with Gasteiger partial charge in [0, 0.05) is 48.9 Å². The number of nitrogens with zero attached hydrogens (tertiary/aromatic N) is 6. The van der Waals surface area contributed by atoms with Gasteiger partial charge in [0.2, 0.25) is 5.91 Å². The van der Waals surface area contributed by atoms with Gasteiger partial charge in [0.15, 0.2) is 5.78 Å². The number of piperazine rings is 1. The molecular formula is C26H35N7O4. The molecule has 2 amide bonds. The number of carbonyl (C=O) groups is 3. The standard InChI is InChI=1S/C26H35N7O4/c1-2-31-12-14-32(15-13-31)19-8-6-18(7-9-19)24(35)28-26(10-4-3-5-11-26)25(36)33-16-20(29-30-27)23-22(33)21(34)17-37-23/h6-9,20,22-23H,2-5,10-17H2,1H3,(H,28,35)/t20-,22+,23+/m0/s1. The van der Waals surface area contributed by atoms with E-state index in [4.69, 9.17) is 10.3 Å². The molecular weight excluding hydrogens is 474 g/mol. The van der Waals surface area contributed by atoms with Crippen LogP contribution in [0.3, 0.4) is 0 Å². The predicted octanol–water partition coefficient (Wildman–Crippen LogP) is 2.12. The first-order chi connectivity index (χ1) is 18.0. The molecule has 0 unspecified atom stereocenters. The molecule has 0 bridgehead atoms. The summed E-state index contributed by atoms with van der Waals surface area (Å²) in [6.07, 6.45) is 2.98. The SMILES string of the molecule is CCN1CCN(c2ccc(C(=O)NC3(C(=O)N4C[C@H](N=[N+]=[N-])[C@H]5OCC(=O)[C@H]54)CCCCC3)cc2)CC1. The van der Waals surface area contributed by atoms with Crippen LogP contribution in [0.5, 0.6) is 0 Å². The molecule has 5 rings (SSSR count). The summed E-state index contributed by atoms with van der Waals surface area (Å²) in [5.41, 5.74) is 9.45. The Morgan fingerprint density at radius 1 is 1.14 bits per heavy atom. The minimum atomic E-state index is -1.09. The summed E-state index contributed by atoms with van der Waals surface area (Å²) in [6, 6.07) is 6.18. The lowest BCUT2D eigenvalue weighted by Gasteiger charge is -2.40. The fourth-order valence-corrected chi connectivity index (χ4v) is 6.27. The molecule has 4 aliphatic rings. The van der Waals surface area contributed by atoms with Crippen LogP contribution in [-0.4, -0.2) is 97.0 Å². The van der Waals surface area contributed by atoms with Gasteiger partial charge in [-0.3, -0.25) is 14.4 Å². The molecule has 3 saturated heterocycles. The van der Waals surface area contributed by atoms with Crippen LogP contribution in [0, 0.1) is 0 Å². The van der Waals surface area contributed by atoms with Crippen molar-refractivity contribution in [3.05, 3.63) is 40.3 Å². The third-order valence-electron chi connectivity index (χ3n) is 8.40. The van der Waals surface area contributed by atoms with Crippen molar-refractivity contribution in [3.8, 4) is 0 Å². The number of amides is 2. The molecule has 3 aliphatic heterocycles. The highest BCUT2D eigenvalue weighted by atomic mass is 16.5. The van der Waals surface area contributed by atoms with Crippen LogP contribution < -0.4 is 10.2 Å². The van der Waals surface area contributed by atoms with Crippen LogP contribution in [0.25, 0.3) is 10.4 Å². The van der Waals surface area contributed by atoms with E-state index in [0.717, 1.165) is 57.7 Å². The Morgan fingerprint density at radius 3 is 2.49 bits per heavy atom. The lowest BCUT2D eigenvalue weighted by atomic mass is 9.80. The number of anilines is 1. The van der Waals surface area contributed by atoms with E-state index in [0.29, 0.717) is 18.4 Å². The molecule has 1 aromatic carbocycles.